The van der Waals surface area contributed by atoms with Crippen molar-refractivity contribution >= 4 is 24.5 Å². The van der Waals surface area contributed by atoms with Gasteiger partial charge in [-0.05, 0) is 44.1 Å². The van der Waals surface area contributed by atoms with Crippen LogP contribution >= 0.6 is 7.75 Å². The molecule has 1 aliphatic carbocycles. The highest BCUT2D eigenvalue weighted by molar-refractivity contribution is 7.52. The number of aromatic amines is 1. The van der Waals surface area contributed by atoms with Crippen molar-refractivity contribution in [2.75, 3.05) is 6.61 Å². The summed E-state index contributed by atoms with van der Waals surface area (Å²) in [7, 11) is -4.31. The molecule has 1 saturated heterocycles. The number of carbonyl (C=O) groups is 1. The van der Waals surface area contributed by atoms with Crippen LogP contribution in [0.1, 0.15) is 45.3 Å². The first-order valence-corrected chi connectivity index (χ1v) is 14.9. The fourth-order valence-electron chi connectivity index (χ4n) is 4.94. The zero-order chi connectivity index (χ0) is 29.1. The zero-order valence-corrected chi connectivity index (χ0v) is 23.1. The summed E-state index contributed by atoms with van der Waals surface area (Å²) in [5, 5.41) is 14.7. The van der Waals surface area contributed by atoms with Gasteiger partial charge >= 0.3 is 19.4 Å². The number of benzene rings is 2. The molecule has 1 unspecified atom stereocenters. The van der Waals surface area contributed by atoms with Gasteiger partial charge in [-0.2, -0.15) is 9.48 Å². The molecule has 41 heavy (non-hydrogen) atoms. The third-order valence-corrected chi connectivity index (χ3v) is 8.74. The van der Waals surface area contributed by atoms with Crippen molar-refractivity contribution in [2.45, 2.75) is 69.6 Å². The van der Waals surface area contributed by atoms with Gasteiger partial charge in [0.1, 0.15) is 30.2 Å². The maximum Gasteiger partial charge on any atom is 0.459 e. The van der Waals surface area contributed by atoms with E-state index in [1.54, 1.807) is 24.3 Å². The molecule has 2 heterocycles. The van der Waals surface area contributed by atoms with Crippen LogP contribution in [0.4, 0.5) is 4.39 Å². The minimum absolute atomic E-state index is 0.133. The van der Waals surface area contributed by atoms with Crippen LogP contribution in [0, 0.1) is 5.82 Å². The molecule has 2 fully saturated rings. The number of H-pyrrole nitrogens is 1. The van der Waals surface area contributed by atoms with E-state index in [1.165, 1.54) is 6.92 Å². The summed E-state index contributed by atoms with van der Waals surface area (Å²) >= 11 is 0. The highest BCUT2D eigenvalue weighted by Crippen LogP contribution is 2.47. The van der Waals surface area contributed by atoms with Gasteiger partial charge in [0.05, 0.1) is 18.9 Å². The Hall–Kier alpha value is -3.35. The fourth-order valence-corrected chi connectivity index (χ4v) is 6.46. The summed E-state index contributed by atoms with van der Waals surface area (Å²) in [6.07, 6.45) is 0.393. The lowest BCUT2D eigenvalue weighted by Gasteiger charge is -2.25. The van der Waals surface area contributed by atoms with E-state index in [0.29, 0.717) is 11.6 Å². The zero-order valence-electron chi connectivity index (χ0n) is 22.2. The monoisotopic (exact) mass is 591 g/mol. The molecule has 0 amide bonds. The lowest BCUT2D eigenvalue weighted by molar-refractivity contribution is -0.150. The molecule has 1 aliphatic heterocycles. The quantitative estimate of drug-likeness (QED) is 0.236. The summed E-state index contributed by atoms with van der Waals surface area (Å²) in [6.45, 7) is 1.01. The molecule has 2 aromatic carbocycles. The Bertz CT molecular complexity index is 1570. The van der Waals surface area contributed by atoms with Gasteiger partial charge in [-0.15, -0.1) is 0 Å². The molecule has 3 N–H and O–H groups in total. The molecular formula is C27H31FN3O9P. The van der Waals surface area contributed by atoms with Crippen LogP contribution in [0.25, 0.3) is 10.8 Å². The number of halogens is 1. The van der Waals surface area contributed by atoms with E-state index in [4.69, 9.17) is 18.5 Å². The van der Waals surface area contributed by atoms with E-state index in [9.17, 15) is 28.4 Å². The highest BCUT2D eigenvalue weighted by Gasteiger charge is 2.40. The van der Waals surface area contributed by atoms with Crippen molar-refractivity contribution in [1.82, 2.24) is 14.6 Å². The van der Waals surface area contributed by atoms with Crippen molar-refractivity contribution in [3.63, 3.8) is 0 Å². The average molecular weight is 592 g/mol. The molecule has 1 aromatic heterocycles. The maximum absolute atomic E-state index is 14.1. The maximum atomic E-state index is 14.1. The minimum Gasteiger partial charge on any atom is -0.461 e. The lowest BCUT2D eigenvalue weighted by atomic mass is 10.1. The summed E-state index contributed by atoms with van der Waals surface area (Å²) < 4.78 is 51.5. The van der Waals surface area contributed by atoms with Gasteiger partial charge in [0.2, 0.25) is 5.82 Å². The molecule has 220 valence electrons. The van der Waals surface area contributed by atoms with E-state index >= 15 is 0 Å². The van der Waals surface area contributed by atoms with Gasteiger partial charge in [0.25, 0.3) is 5.56 Å². The summed E-state index contributed by atoms with van der Waals surface area (Å²) in [5.41, 5.74) is -2.10. The smallest absolute Gasteiger partial charge is 0.459 e. The largest absolute Gasteiger partial charge is 0.461 e. The number of esters is 1. The predicted octanol–water partition coefficient (Wildman–Crippen LogP) is 3.14. The van der Waals surface area contributed by atoms with Crippen molar-refractivity contribution < 1.29 is 37.4 Å². The van der Waals surface area contributed by atoms with E-state index in [0.717, 1.165) is 35.6 Å². The van der Waals surface area contributed by atoms with E-state index in [1.807, 2.05) is 23.2 Å². The first-order chi connectivity index (χ1) is 19.6. The van der Waals surface area contributed by atoms with Crippen LogP contribution < -0.4 is 20.9 Å². The van der Waals surface area contributed by atoms with Gasteiger partial charge in [-0.3, -0.25) is 23.7 Å². The standard InChI is InChI=1S/C27H31FN3O9P/c1-16(26(34)38-18-9-3-4-10-18)30-41(36,40-22-12-6-8-17-7-2-5-11-19(17)22)37-15-23-21(32)13-24(39-23)31-14-20(28)25(33)29-27(31)35/h2,5-8,11-12,14,16,18,21,23-24,32H,3-4,9-10,13,15H2,1H3,(H,30,36)(H,29,33,35)/t16-,21+,23+,24+,41?/m0/s1. The van der Waals surface area contributed by atoms with Crippen LogP contribution in [0.5, 0.6) is 5.75 Å². The molecule has 0 radical (unpaired) electrons. The minimum atomic E-state index is -4.31. The Balaban J connectivity index is 1.34. The molecule has 1 saturated carbocycles. The Morgan fingerprint density at radius 1 is 1.22 bits per heavy atom. The van der Waals surface area contributed by atoms with Crippen LogP contribution in [0.15, 0.2) is 58.3 Å². The number of fused-ring (bicyclic) bond motifs is 1. The number of nitrogens with zero attached hydrogens (tertiary/aromatic N) is 1. The molecule has 14 heteroatoms. The Kier molecular flexibility index (Phi) is 8.71. The van der Waals surface area contributed by atoms with Crippen molar-refractivity contribution in [3.8, 4) is 5.75 Å². The Morgan fingerprint density at radius 2 is 1.95 bits per heavy atom. The first-order valence-electron chi connectivity index (χ1n) is 13.4. The number of hydrogen-bond acceptors (Lipinski definition) is 9. The molecule has 5 atom stereocenters. The third-order valence-electron chi connectivity index (χ3n) is 7.11. The summed E-state index contributed by atoms with van der Waals surface area (Å²) in [4.78, 5) is 38.1. The average Bonchev–Trinajstić information content (AvgIpc) is 3.59. The predicted molar refractivity (Wildman–Crippen MR) is 145 cm³/mol. The number of ether oxygens (including phenoxy) is 2. The van der Waals surface area contributed by atoms with Crippen LogP contribution in [0.2, 0.25) is 0 Å². The lowest BCUT2D eigenvalue weighted by Crippen LogP contribution is -2.37. The number of aliphatic hydroxyl groups excluding tert-OH is 1. The second-order valence-electron chi connectivity index (χ2n) is 10.1. The molecule has 3 aromatic rings. The van der Waals surface area contributed by atoms with Crippen molar-refractivity contribution in [2.24, 2.45) is 0 Å². The number of hydrogen-bond donors (Lipinski definition) is 3. The first kappa shape index (κ1) is 29.2. The third kappa shape index (κ3) is 6.77. The number of aliphatic hydroxyl groups is 1. The number of nitrogens with one attached hydrogen (secondary N) is 2. The fraction of sp³-hybridized carbons (Fsp3) is 0.444. The SMILES string of the molecule is C[C@H](NP(=O)(OC[C@H]1O[C@@H](n2cc(F)c(=O)[nH]c2=O)C[C@H]1O)Oc1cccc2ccccc12)C(=O)OC1CCCC1. The van der Waals surface area contributed by atoms with Gasteiger partial charge in [0.15, 0.2) is 0 Å². The topological polar surface area (TPSA) is 158 Å². The highest BCUT2D eigenvalue weighted by atomic mass is 31.2. The number of aromatic nitrogens is 2. The van der Waals surface area contributed by atoms with Gasteiger partial charge < -0.3 is 19.1 Å². The Morgan fingerprint density at radius 3 is 2.73 bits per heavy atom. The molecule has 12 nitrogen and oxygen atoms in total. The van der Waals surface area contributed by atoms with Crippen LogP contribution in [0.3, 0.4) is 0 Å². The second-order valence-corrected chi connectivity index (χ2v) is 11.8. The number of rotatable bonds is 10. The van der Waals surface area contributed by atoms with Gasteiger partial charge in [-0.1, -0.05) is 36.4 Å². The normalized spacial score (nSPS) is 23.3. The molecule has 0 spiro atoms. The van der Waals surface area contributed by atoms with Gasteiger partial charge in [0, 0.05) is 11.8 Å². The number of carbonyl (C=O) groups excluding carboxylic acids is 1. The van der Waals surface area contributed by atoms with Crippen LogP contribution in [-0.2, 0) is 23.4 Å². The summed E-state index contributed by atoms with van der Waals surface area (Å²) in [6, 6.07) is 11.4. The van der Waals surface area contributed by atoms with Crippen molar-refractivity contribution in [1.29, 1.82) is 0 Å². The van der Waals surface area contributed by atoms with E-state index < -0.39 is 61.9 Å². The summed E-state index contributed by atoms with van der Waals surface area (Å²) in [5.74, 6) is -1.58. The molecule has 2 aliphatic rings. The molecular weight excluding hydrogens is 560 g/mol. The second kappa shape index (κ2) is 12.3. The van der Waals surface area contributed by atoms with Gasteiger partial charge in [-0.25, -0.2) is 9.36 Å². The molecule has 5 rings (SSSR count). The van der Waals surface area contributed by atoms with E-state index in [2.05, 4.69) is 5.09 Å². The van der Waals surface area contributed by atoms with E-state index in [-0.39, 0.29) is 18.3 Å². The van der Waals surface area contributed by atoms with Crippen molar-refractivity contribution in [3.05, 3.63) is 75.3 Å². The Labute approximate surface area is 234 Å². The molecule has 0 bridgehead atoms. The van der Waals surface area contributed by atoms with Crippen LogP contribution in [-0.4, -0.2) is 51.6 Å².